The van der Waals surface area contributed by atoms with Crippen molar-refractivity contribution >= 4 is 32.6 Å². The Morgan fingerprint density at radius 3 is 2.72 bits per heavy atom. The van der Waals surface area contributed by atoms with Crippen LogP contribution < -0.4 is 5.32 Å². The van der Waals surface area contributed by atoms with Gasteiger partial charge in [0.25, 0.3) is 5.91 Å². The van der Waals surface area contributed by atoms with Crippen molar-refractivity contribution in [3.8, 4) is 11.3 Å². The topological polar surface area (TPSA) is 68.0 Å². The molecule has 0 radical (unpaired) electrons. The van der Waals surface area contributed by atoms with Gasteiger partial charge in [-0.25, -0.2) is 4.98 Å². The Kier molecular flexibility index (Phi) is 3.82. The van der Waals surface area contributed by atoms with E-state index in [0.29, 0.717) is 10.9 Å². The zero-order chi connectivity index (χ0) is 17.4. The quantitative estimate of drug-likeness (QED) is 0.576. The monoisotopic (exact) mass is 349 g/mol. The molecule has 124 valence electrons. The zero-order valence-corrected chi connectivity index (χ0v) is 14.6. The van der Waals surface area contributed by atoms with E-state index < -0.39 is 0 Å². The fourth-order valence-electron chi connectivity index (χ4n) is 2.56. The van der Waals surface area contributed by atoms with E-state index in [4.69, 9.17) is 4.52 Å². The number of benzene rings is 2. The van der Waals surface area contributed by atoms with Crippen LogP contribution in [0.25, 0.3) is 21.5 Å². The van der Waals surface area contributed by atoms with Crippen LogP contribution in [0.15, 0.2) is 53.1 Å². The van der Waals surface area contributed by atoms with E-state index in [2.05, 4.69) is 21.5 Å². The number of aryl methyl sites for hydroxylation is 2. The molecule has 1 N–H and O–H groups in total. The molecule has 0 fully saturated rings. The number of thiazole rings is 1. The zero-order valence-electron chi connectivity index (χ0n) is 13.7. The van der Waals surface area contributed by atoms with Gasteiger partial charge in [-0.15, -0.1) is 0 Å². The van der Waals surface area contributed by atoms with Crippen molar-refractivity contribution in [1.82, 2.24) is 10.1 Å². The van der Waals surface area contributed by atoms with Crippen LogP contribution in [0.2, 0.25) is 0 Å². The highest BCUT2D eigenvalue weighted by molar-refractivity contribution is 7.22. The predicted octanol–water partition coefficient (Wildman–Crippen LogP) is 4.82. The van der Waals surface area contributed by atoms with E-state index in [1.807, 2.05) is 50.2 Å². The lowest BCUT2D eigenvalue weighted by Gasteiger charge is -1.98. The van der Waals surface area contributed by atoms with E-state index in [-0.39, 0.29) is 11.6 Å². The maximum Gasteiger partial charge on any atom is 0.279 e. The average Bonchev–Trinajstić information content (AvgIpc) is 3.26. The molecule has 4 rings (SSSR count). The Labute approximate surface area is 148 Å². The normalized spacial score (nSPS) is 11.0. The van der Waals surface area contributed by atoms with Crippen LogP contribution in [0.5, 0.6) is 0 Å². The second-order valence-electron chi connectivity index (χ2n) is 5.77. The van der Waals surface area contributed by atoms with Crippen molar-refractivity contribution < 1.29 is 9.32 Å². The predicted molar refractivity (Wildman–Crippen MR) is 99.0 cm³/mol. The molecule has 2 heterocycles. The number of carbonyl (C=O) groups is 1. The summed E-state index contributed by atoms with van der Waals surface area (Å²) in [4.78, 5) is 17.0. The maximum absolute atomic E-state index is 12.4. The number of nitrogens with zero attached hydrogens (tertiary/aromatic N) is 2. The standard InChI is InChI=1S/C19H15N3O2S/c1-11-8-9-16-17(12(11)2)20-19(25-16)21-18(23)14-10-15(24-22-14)13-6-4-3-5-7-13/h3-10H,1-2H3,(H,20,21,23). The van der Waals surface area contributed by atoms with E-state index in [1.54, 1.807) is 6.07 Å². The fourth-order valence-corrected chi connectivity index (χ4v) is 3.48. The lowest BCUT2D eigenvalue weighted by molar-refractivity contribution is 0.101. The highest BCUT2D eigenvalue weighted by Crippen LogP contribution is 2.30. The van der Waals surface area contributed by atoms with Gasteiger partial charge < -0.3 is 4.52 Å². The van der Waals surface area contributed by atoms with Crippen molar-refractivity contribution in [2.24, 2.45) is 0 Å². The Bertz CT molecular complexity index is 1070. The summed E-state index contributed by atoms with van der Waals surface area (Å²) in [5, 5.41) is 7.22. The number of fused-ring (bicyclic) bond motifs is 1. The van der Waals surface area contributed by atoms with Crippen molar-refractivity contribution in [3.05, 3.63) is 65.4 Å². The molecule has 0 bridgehead atoms. The van der Waals surface area contributed by atoms with Gasteiger partial charge in [0.15, 0.2) is 16.6 Å². The molecule has 0 unspecified atom stereocenters. The number of rotatable bonds is 3. The first-order chi connectivity index (χ1) is 12.1. The molecule has 2 aromatic carbocycles. The summed E-state index contributed by atoms with van der Waals surface area (Å²) >= 11 is 1.44. The van der Waals surface area contributed by atoms with Crippen LogP contribution in [-0.2, 0) is 0 Å². The summed E-state index contributed by atoms with van der Waals surface area (Å²) in [6.07, 6.45) is 0. The molecule has 1 amide bonds. The summed E-state index contributed by atoms with van der Waals surface area (Å²) in [6, 6.07) is 15.3. The van der Waals surface area contributed by atoms with Crippen LogP contribution in [0.1, 0.15) is 21.6 Å². The third kappa shape index (κ3) is 2.92. The van der Waals surface area contributed by atoms with Gasteiger partial charge in [-0.1, -0.05) is 52.9 Å². The van der Waals surface area contributed by atoms with E-state index in [9.17, 15) is 4.79 Å². The van der Waals surface area contributed by atoms with Crippen LogP contribution in [0.3, 0.4) is 0 Å². The summed E-state index contributed by atoms with van der Waals surface area (Å²) < 4.78 is 6.32. The van der Waals surface area contributed by atoms with Crippen LogP contribution >= 0.6 is 11.3 Å². The molecule has 0 aliphatic heterocycles. The molecule has 0 saturated carbocycles. The molecule has 0 spiro atoms. The molecule has 0 aliphatic rings. The van der Waals surface area contributed by atoms with Crippen molar-refractivity contribution in [3.63, 3.8) is 0 Å². The van der Waals surface area contributed by atoms with Gasteiger partial charge in [-0.05, 0) is 31.0 Å². The molecule has 25 heavy (non-hydrogen) atoms. The highest BCUT2D eigenvalue weighted by atomic mass is 32.1. The van der Waals surface area contributed by atoms with Gasteiger partial charge in [0.2, 0.25) is 0 Å². The maximum atomic E-state index is 12.4. The molecule has 0 atom stereocenters. The van der Waals surface area contributed by atoms with Gasteiger partial charge in [0.1, 0.15) is 0 Å². The summed E-state index contributed by atoms with van der Waals surface area (Å²) in [7, 11) is 0. The average molecular weight is 349 g/mol. The van der Waals surface area contributed by atoms with E-state index >= 15 is 0 Å². The number of aromatic nitrogens is 2. The van der Waals surface area contributed by atoms with E-state index in [1.165, 1.54) is 16.9 Å². The smallest absolute Gasteiger partial charge is 0.279 e. The lowest BCUT2D eigenvalue weighted by Crippen LogP contribution is -2.11. The SMILES string of the molecule is Cc1ccc2sc(NC(=O)c3cc(-c4ccccc4)on3)nc2c1C. The van der Waals surface area contributed by atoms with Crippen molar-refractivity contribution in [2.45, 2.75) is 13.8 Å². The molecule has 4 aromatic rings. The van der Waals surface area contributed by atoms with Gasteiger partial charge in [0, 0.05) is 11.6 Å². The Morgan fingerprint density at radius 1 is 1.12 bits per heavy atom. The number of anilines is 1. The number of carbonyl (C=O) groups excluding carboxylic acids is 1. The van der Waals surface area contributed by atoms with Gasteiger partial charge in [0.05, 0.1) is 10.2 Å². The molecule has 0 saturated heterocycles. The first-order valence-electron chi connectivity index (χ1n) is 7.82. The number of nitrogens with one attached hydrogen (secondary N) is 1. The minimum Gasteiger partial charge on any atom is -0.355 e. The fraction of sp³-hybridized carbons (Fsp3) is 0.105. The largest absolute Gasteiger partial charge is 0.355 e. The van der Waals surface area contributed by atoms with Crippen LogP contribution in [0.4, 0.5) is 5.13 Å². The molecule has 0 aliphatic carbocycles. The second kappa shape index (κ2) is 6.14. The Balaban J connectivity index is 1.58. The van der Waals surface area contributed by atoms with Gasteiger partial charge in [-0.2, -0.15) is 0 Å². The molecular weight excluding hydrogens is 334 g/mol. The summed E-state index contributed by atoms with van der Waals surface area (Å²) in [5.74, 6) is 0.223. The summed E-state index contributed by atoms with van der Waals surface area (Å²) in [6.45, 7) is 4.08. The van der Waals surface area contributed by atoms with Crippen molar-refractivity contribution in [2.75, 3.05) is 5.32 Å². The Hall–Kier alpha value is -2.99. The first kappa shape index (κ1) is 15.5. The highest BCUT2D eigenvalue weighted by Gasteiger charge is 2.16. The van der Waals surface area contributed by atoms with Crippen molar-refractivity contribution in [1.29, 1.82) is 0 Å². The second-order valence-corrected chi connectivity index (χ2v) is 6.80. The van der Waals surface area contributed by atoms with Gasteiger partial charge in [-0.3, -0.25) is 10.1 Å². The number of amides is 1. The molecule has 5 nitrogen and oxygen atoms in total. The molecular formula is C19H15N3O2S. The third-order valence-corrected chi connectivity index (χ3v) is 5.04. The minimum absolute atomic E-state index is 0.228. The lowest BCUT2D eigenvalue weighted by atomic mass is 10.1. The molecule has 2 aromatic heterocycles. The summed E-state index contributed by atoms with van der Waals surface area (Å²) in [5.41, 5.74) is 4.33. The Morgan fingerprint density at radius 2 is 1.92 bits per heavy atom. The third-order valence-electron chi connectivity index (χ3n) is 4.11. The van der Waals surface area contributed by atoms with Gasteiger partial charge >= 0.3 is 0 Å². The van der Waals surface area contributed by atoms with Crippen LogP contribution in [-0.4, -0.2) is 16.0 Å². The first-order valence-corrected chi connectivity index (χ1v) is 8.64. The van der Waals surface area contributed by atoms with Crippen LogP contribution in [0, 0.1) is 13.8 Å². The number of hydrogen-bond acceptors (Lipinski definition) is 5. The molecule has 6 heteroatoms. The minimum atomic E-state index is -0.334. The number of hydrogen-bond donors (Lipinski definition) is 1. The van der Waals surface area contributed by atoms with E-state index in [0.717, 1.165) is 21.3 Å².